The Morgan fingerprint density at radius 3 is 2.31 bits per heavy atom. The predicted molar refractivity (Wildman–Crippen MR) is 140 cm³/mol. The Labute approximate surface area is 208 Å². The molecule has 1 aromatic heterocycles. The molecule has 2 aromatic rings. The zero-order valence-electron chi connectivity index (χ0n) is 20.9. The van der Waals surface area contributed by atoms with Crippen LogP contribution >= 0.6 is 0 Å². The molecule has 0 fully saturated rings. The number of benzene rings is 1. The molecule has 0 aliphatic heterocycles. The second-order valence-electron chi connectivity index (χ2n) is 7.23. The summed E-state index contributed by atoms with van der Waals surface area (Å²) in [5, 5.41) is 11.3. The maximum absolute atomic E-state index is 12.4. The number of nitrogens with one attached hydrogen (secondary N) is 2. The lowest BCUT2D eigenvalue weighted by molar-refractivity contribution is -0.129. The highest BCUT2D eigenvalue weighted by Gasteiger charge is 2.16. The average molecular weight is 480 g/mol. The van der Waals surface area contributed by atoms with Crippen LogP contribution in [-0.4, -0.2) is 33.5 Å². The maximum atomic E-state index is 12.4. The molecule has 35 heavy (non-hydrogen) atoms. The Morgan fingerprint density at radius 2 is 1.71 bits per heavy atom. The van der Waals surface area contributed by atoms with Crippen molar-refractivity contribution in [2.24, 2.45) is 0 Å². The maximum Gasteiger partial charge on any atom is 0.254 e. The molecule has 1 heterocycles. The van der Waals surface area contributed by atoms with Crippen molar-refractivity contribution in [3.05, 3.63) is 84.9 Å². The van der Waals surface area contributed by atoms with E-state index in [4.69, 9.17) is 5.21 Å². The number of amides is 2. The Morgan fingerprint density at radius 1 is 1.06 bits per heavy atom. The van der Waals surface area contributed by atoms with Gasteiger partial charge in [-0.2, -0.15) is 0 Å². The van der Waals surface area contributed by atoms with E-state index in [1.54, 1.807) is 11.6 Å². The fourth-order valence-electron chi connectivity index (χ4n) is 3.13. The lowest BCUT2D eigenvalue weighted by Gasteiger charge is -2.23. The largest absolute Gasteiger partial charge is 0.352 e. The van der Waals surface area contributed by atoms with Crippen LogP contribution in [0.15, 0.2) is 79.3 Å². The molecule has 0 unspecified atom stereocenters. The van der Waals surface area contributed by atoms with Crippen molar-refractivity contribution in [3.8, 4) is 0 Å². The van der Waals surface area contributed by atoms with Gasteiger partial charge in [-0.15, -0.1) is 0 Å². The van der Waals surface area contributed by atoms with Crippen LogP contribution in [0.1, 0.15) is 63.2 Å². The van der Waals surface area contributed by atoms with Gasteiger partial charge in [0.1, 0.15) is 0 Å². The van der Waals surface area contributed by atoms with Crippen LogP contribution in [0.5, 0.6) is 0 Å². The average Bonchev–Trinajstić information content (AvgIpc) is 2.90. The number of unbranched alkanes of at least 4 members (excludes halogenated alkanes) is 3. The molecule has 0 bridgehead atoms. The van der Waals surface area contributed by atoms with E-state index < -0.39 is 0 Å². The highest BCUT2D eigenvalue weighted by Crippen LogP contribution is 2.27. The van der Waals surface area contributed by atoms with Crippen molar-refractivity contribution < 1.29 is 14.8 Å². The molecule has 1 aromatic carbocycles. The second kappa shape index (κ2) is 17.7. The highest BCUT2D eigenvalue weighted by molar-refractivity contribution is 5.93. The van der Waals surface area contributed by atoms with Crippen LogP contribution in [0.25, 0.3) is 0 Å². The molecular weight excluding hydrogens is 442 g/mol. The number of carbonyl (C=O) groups excluding carboxylic acids is 2. The molecule has 2 rings (SSSR count). The summed E-state index contributed by atoms with van der Waals surface area (Å²) in [6.07, 6.45) is 14.0. The van der Waals surface area contributed by atoms with Gasteiger partial charge in [0.05, 0.1) is 5.56 Å². The first-order valence-electron chi connectivity index (χ1n) is 11.9. The molecule has 0 saturated heterocycles. The standard InChI is InChI=1S/C25H31N5O3.C2H6/c1-3-12-21(13-4-2)30(22-14-8-7-9-15-22)25-27-18-20(19-28-25)24(32)26-17-11-6-5-10-16-23(31)29-33;1-2/h3-4,7-9,12-15,18-19,33H,1,5-6,10-11,16-17H2,2H3,(H,26,32)(H,29,31);1-2H3/b13-4-,21-12+;. The predicted octanol–water partition coefficient (Wildman–Crippen LogP) is 5.47. The number of carbonyl (C=O) groups is 2. The fraction of sp³-hybridized carbons (Fsp3) is 0.333. The van der Waals surface area contributed by atoms with Crippen molar-refractivity contribution in [1.29, 1.82) is 0 Å². The van der Waals surface area contributed by atoms with E-state index in [2.05, 4.69) is 21.9 Å². The summed E-state index contributed by atoms with van der Waals surface area (Å²) in [7, 11) is 0. The van der Waals surface area contributed by atoms with E-state index in [0.29, 0.717) is 30.9 Å². The summed E-state index contributed by atoms with van der Waals surface area (Å²) in [6.45, 7) is 10.2. The lowest BCUT2D eigenvalue weighted by atomic mass is 10.1. The molecular formula is C27H37N5O3. The molecule has 188 valence electrons. The van der Waals surface area contributed by atoms with Crippen LogP contribution in [0.3, 0.4) is 0 Å². The molecule has 0 aliphatic carbocycles. The van der Waals surface area contributed by atoms with E-state index >= 15 is 0 Å². The van der Waals surface area contributed by atoms with E-state index in [-0.39, 0.29) is 11.8 Å². The van der Waals surface area contributed by atoms with Crippen LogP contribution in [0.2, 0.25) is 0 Å². The van der Waals surface area contributed by atoms with Crippen molar-refractivity contribution in [1.82, 2.24) is 20.8 Å². The molecule has 2 amide bonds. The van der Waals surface area contributed by atoms with Crippen LogP contribution < -0.4 is 15.7 Å². The summed E-state index contributed by atoms with van der Waals surface area (Å²) >= 11 is 0. The third-order valence-electron chi connectivity index (χ3n) is 4.74. The molecule has 0 atom stereocenters. The number of hydroxylamine groups is 1. The molecule has 0 aliphatic rings. The number of hydrogen-bond acceptors (Lipinski definition) is 6. The number of nitrogens with zero attached hydrogens (tertiary/aromatic N) is 3. The van der Waals surface area contributed by atoms with Gasteiger partial charge in [-0.3, -0.25) is 19.7 Å². The fourth-order valence-corrected chi connectivity index (χ4v) is 3.13. The monoisotopic (exact) mass is 479 g/mol. The van der Waals surface area contributed by atoms with Crippen LogP contribution in [0.4, 0.5) is 11.6 Å². The van der Waals surface area contributed by atoms with E-state index in [1.807, 2.05) is 74.2 Å². The number of allylic oxidation sites excluding steroid dienone is 4. The Kier molecular flexibility index (Phi) is 14.8. The molecule has 0 spiro atoms. The number of rotatable bonds is 13. The van der Waals surface area contributed by atoms with Crippen molar-refractivity contribution in [2.75, 3.05) is 11.4 Å². The smallest absolute Gasteiger partial charge is 0.254 e. The summed E-state index contributed by atoms with van der Waals surface area (Å²) in [5.74, 6) is -0.172. The van der Waals surface area contributed by atoms with Gasteiger partial charge < -0.3 is 5.32 Å². The van der Waals surface area contributed by atoms with Crippen molar-refractivity contribution in [3.63, 3.8) is 0 Å². The van der Waals surface area contributed by atoms with Crippen LogP contribution in [-0.2, 0) is 4.79 Å². The lowest BCUT2D eigenvalue weighted by Crippen LogP contribution is -2.25. The van der Waals surface area contributed by atoms with Crippen LogP contribution in [0, 0.1) is 0 Å². The van der Waals surface area contributed by atoms with Crippen molar-refractivity contribution in [2.45, 2.75) is 52.9 Å². The zero-order chi connectivity index (χ0) is 25.9. The van der Waals surface area contributed by atoms with Gasteiger partial charge in [-0.1, -0.05) is 63.6 Å². The Hall–Kier alpha value is -3.78. The molecule has 0 radical (unpaired) electrons. The minimum atomic E-state index is -0.379. The van der Waals surface area contributed by atoms with E-state index in [1.165, 1.54) is 12.4 Å². The van der Waals surface area contributed by atoms with Gasteiger partial charge in [0.25, 0.3) is 5.91 Å². The molecule has 3 N–H and O–H groups in total. The van der Waals surface area contributed by atoms with Gasteiger partial charge in [-0.25, -0.2) is 15.4 Å². The topological polar surface area (TPSA) is 107 Å². The number of para-hydroxylation sites is 1. The van der Waals surface area contributed by atoms with Crippen molar-refractivity contribution >= 4 is 23.5 Å². The third-order valence-corrected chi connectivity index (χ3v) is 4.74. The highest BCUT2D eigenvalue weighted by atomic mass is 16.5. The number of anilines is 2. The Bertz CT molecular complexity index is 957. The first-order chi connectivity index (χ1) is 17.1. The first kappa shape index (κ1) is 29.3. The van der Waals surface area contributed by atoms with E-state index in [9.17, 15) is 9.59 Å². The van der Waals surface area contributed by atoms with Gasteiger partial charge in [0, 0.05) is 36.7 Å². The summed E-state index contributed by atoms with van der Waals surface area (Å²) in [4.78, 5) is 34.2. The molecule has 8 heteroatoms. The minimum Gasteiger partial charge on any atom is -0.352 e. The van der Waals surface area contributed by atoms with Gasteiger partial charge >= 0.3 is 0 Å². The van der Waals surface area contributed by atoms with Gasteiger partial charge in [0.15, 0.2) is 0 Å². The SMILES string of the molecule is C=C/C=C(\C=C/C)N(c1ccccc1)c1ncc(C(=O)NCCCCCCC(=O)NO)cn1.CC. The number of hydrogen-bond donors (Lipinski definition) is 3. The third kappa shape index (κ3) is 10.4. The summed E-state index contributed by atoms with van der Waals surface area (Å²) in [6, 6.07) is 9.73. The second-order valence-corrected chi connectivity index (χ2v) is 7.23. The van der Waals surface area contributed by atoms with Gasteiger partial charge in [0.2, 0.25) is 11.9 Å². The molecule has 0 saturated carbocycles. The summed E-state index contributed by atoms with van der Waals surface area (Å²) < 4.78 is 0. The Balaban J connectivity index is 0.00000298. The zero-order valence-corrected chi connectivity index (χ0v) is 20.9. The quantitative estimate of drug-likeness (QED) is 0.152. The normalized spacial score (nSPS) is 10.8. The van der Waals surface area contributed by atoms with Gasteiger partial charge in [-0.05, 0) is 44.1 Å². The molecule has 8 nitrogen and oxygen atoms in total. The number of aromatic nitrogens is 2. The minimum absolute atomic E-state index is 0.234. The van der Waals surface area contributed by atoms with E-state index in [0.717, 1.165) is 30.6 Å². The summed E-state index contributed by atoms with van der Waals surface area (Å²) in [5.41, 5.74) is 3.73. The first-order valence-corrected chi connectivity index (χ1v) is 11.9.